The van der Waals surface area contributed by atoms with Crippen LogP contribution in [0, 0.1) is 12.7 Å². The second-order valence-corrected chi connectivity index (χ2v) is 6.41. The fourth-order valence-corrected chi connectivity index (χ4v) is 3.19. The molecule has 0 spiro atoms. The van der Waals surface area contributed by atoms with Crippen molar-refractivity contribution in [1.29, 1.82) is 0 Å². The molecule has 10 heteroatoms. The van der Waals surface area contributed by atoms with Gasteiger partial charge in [-0.05, 0) is 49.4 Å². The minimum absolute atomic E-state index is 0.0122. The predicted molar refractivity (Wildman–Crippen MR) is 97.4 cm³/mol. The highest BCUT2D eigenvalue weighted by molar-refractivity contribution is 6.11. The summed E-state index contributed by atoms with van der Waals surface area (Å²) in [5.74, 6) is -2.23. The molecule has 2 rings (SSSR count). The normalized spacial score (nSPS) is 18.1. The van der Waals surface area contributed by atoms with Crippen LogP contribution in [0.4, 0.5) is 10.1 Å². The average Bonchev–Trinajstić information content (AvgIpc) is 2.61. The van der Waals surface area contributed by atoms with Crippen LogP contribution >= 0.6 is 0 Å². The third-order valence-corrected chi connectivity index (χ3v) is 4.50. The number of halogens is 1. The van der Waals surface area contributed by atoms with Crippen molar-refractivity contribution in [3.63, 3.8) is 0 Å². The van der Waals surface area contributed by atoms with Crippen LogP contribution in [0.15, 0.2) is 11.2 Å². The topological polar surface area (TPSA) is 130 Å². The van der Waals surface area contributed by atoms with Crippen LogP contribution in [0.1, 0.15) is 41.8 Å². The molecule has 0 saturated carbocycles. The monoisotopic (exact) mass is 392 g/mol. The van der Waals surface area contributed by atoms with Gasteiger partial charge in [0.1, 0.15) is 18.0 Å². The molecule has 1 aliphatic carbocycles. The summed E-state index contributed by atoms with van der Waals surface area (Å²) >= 11 is 0. The Balaban J connectivity index is 2.43. The Morgan fingerprint density at radius 2 is 2.18 bits per heavy atom. The molecule has 0 saturated heterocycles. The van der Waals surface area contributed by atoms with Crippen molar-refractivity contribution >= 4 is 23.3 Å². The van der Waals surface area contributed by atoms with Crippen molar-refractivity contribution in [3.05, 3.63) is 39.0 Å². The number of carbonyl (C=O) groups is 3. The van der Waals surface area contributed by atoms with Crippen LogP contribution in [-0.4, -0.2) is 43.0 Å². The first kappa shape index (κ1) is 21.3. The van der Waals surface area contributed by atoms with Gasteiger partial charge in [-0.15, -0.1) is 0 Å². The number of Topliss-reactive ketones (excluding diaryl/α,β-unsaturated/α-hetero) is 1. The third kappa shape index (κ3) is 4.29. The molecule has 0 bridgehead atoms. The van der Waals surface area contributed by atoms with E-state index in [4.69, 9.17) is 15.0 Å². The van der Waals surface area contributed by atoms with Gasteiger partial charge < -0.3 is 14.8 Å². The van der Waals surface area contributed by atoms with E-state index in [-0.39, 0.29) is 37.3 Å². The van der Waals surface area contributed by atoms with E-state index in [0.29, 0.717) is 11.1 Å². The van der Waals surface area contributed by atoms with Gasteiger partial charge in [-0.25, -0.2) is 9.18 Å². The van der Waals surface area contributed by atoms with Gasteiger partial charge in [-0.3, -0.25) is 9.59 Å². The molecule has 0 aromatic heterocycles. The molecule has 1 atom stereocenters. The Labute approximate surface area is 160 Å². The van der Waals surface area contributed by atoms with Crippen molar-refractivity contribution in [2.24, 2.45) is 5.11 Å². The first-order chi connectivity index (χ1) is 13.3. The van der Waals surface area contributed by atoms with Crippen LogP contribution in [-0.2, 0) is 25.5 Å². The maximum atomic E-state index is 14.2. The van der Waals surface area contributed by atoms with Crippen molar-refractivity contribution in [1.82, 2.24) is 0 Å². The van der Waals surface area contributed by atoms with E-state index < -0.39 is 35.6 Å². The summed E-state index contributed by atoms with van der Waals surface area (Å²) in [4.78, 5) is 39.0. The molecule has 1 N–H and O–H groups in total. The van der Waals surface area contributed by atoms with Gasteiger partial charge in [-0.2, -0.15) is 0 Å². The lowest BCUT2D eigenvalue weighted by atomic mass is 9.75. The minimum Gasteiger partial charge on any atom is -0.464 e. The molecule has 1 aromatic carbocycles. The van der Waals surface area contributed by atoms with Crippen LogP contribution in [0.3, 0.4) is 0 Å². The van der Waals surface area contributed by atoms with Gasteiger partial charge >= 0.3 is 5.97 Å². The summed E-state index contributed by atoms with van der Waals surface area (Å²) in [7, 11) is 0. The Morgan fingerprint density at radius 1 is 1.46 bits per heavy atom. The first-order valence-electron chi connectivity index (χ1n) is 8.69. The maximum absolute atomic E-state index is 14.2. The van der Waals surface area contributed by atoms with Gasteiger partial charge in [0, 0.05) is 17.4 Å². The Hall–Kier alpha value is -2.97. The zero-order valence-electron chi connectivity index (χ0n) is 15.9. The predicted octanol–water partition coefficient (Wildman–Crippen LogP) is 2.85. The number of hydrogen-bond acceptors (Lipinski definition) is 6. The molecule has 9 nitrogen and oxygen atoms in total. The Morgan fingerprint density at radius 3 is 2.79 bits per heavy atom. The summed E-state index contributed by atoms with van der Waals surface area (Å²) in [6.07, 6.45) is 0.314. The van der Waals surface area contributed by atoms with Gasteiger partial charge in [0.25, 0.3) is 0 Å². The highest BCUT2D eigenvalue weighted by Gasteiger charge is 2.44. The summed E-state index contributed by atoms with van der Waals surface area (Å²) < 4.78 is 24.3. The number of nitrogens with one attached hydrogen (secondary N) is 1. The number of nitrogens with zero attached hydrogens (tertiary/aromatic N) is 3. The molecular weight excluding hydrogens is 371 g/mol. The number of benzene rings is 1. The first-order valence-corrected chi connectivity index (χ1v) is 8.69. The van der Waals surface area contributed by atoms with Gasteiger partial charge in [0.05, 0.1) is 18.9 Å². The number of carbonyl (C=O) groups excluding carboxylic acids is 3. The van der Waals surface area contributed by atoms with Gasteiger partial charge in [0.15, 0.2) is 5.78 Å². The molecule has 28 heavy (non-hydrogen) atoms. The van der Waals surface area contributed by atoms with E-state index >= 15 is 0 Å². The fraction of sp³-hybridized carbons (Fsp3) is 0.500. The molecule has 1 aliphatic rings. The van der Waals surface area contributed by atoms with Crippen molar-refractivity contribution < 1.29 is 28.2 Å². The summed E-state index contributed by atoms with van der Waals surface area (Å²) in [6, 6.07) is 1.07. The van der Waals surface area contributed by atoms with E-state index in [0.717, 1.165) is 6.07 Å². The summed E-state index contributed by atoms with van der Waals surface area (Å²) in [5, 5.41) is 6.11. The molecule has 0 heterocycles. The SMILES string of the molecule is CCOC(=O)COCC1(N=[N+]=[N-])CCc2c(C)c(F)cc(NC(C)=O)c2C1=O. The molecular formula is C18H21FN4O5. The van der Waals surface area contributed by atoms with Crippen LogP contribution in [0.25, 0.3) is 10.4 Å². The van der Waals surface area contributed by atoms with E-state index in [9.17, 15) is 18.8 Å². The Kier molecular flexibility index (Phi) is 6.71. The Bertz CT molecular complexity index is 866. The van der Waals surface area contributed by atoms with Crippen molar-refractivity contribution in [2.75, 3.05) is 25.1 Å². The lowest BCUT2D eigenvalue weighted by molar-refractivity contribution is -0.148. The number of ether oxygens (including phenoxy) is 2. The fourth-order valence-electron chi connectivity index (χ4n) is 3.19. The highest BCUT2D eigenvalue weighted by atomic mass is 19.1. The second-order valence-electron chi connectivity index (χ2n) is 6.41. The van der Waals surface area contributed by atoms with Crippen molar-refractivity contribution in [3.8, 4) is 0 Å². The molecule has 0 aliphatic heterocycles. The molecule has 0 radical (unpaired) electrons. The van der Waals surface area contributed by atoms with Crippen molar-refractivity contribution in [2.45, 2.75) is 39.2 Å². The number of esters is 1. The van der Waals surface area contributed by atoms with Crippen LogP contribution in [0.5, 0.6) is 0 Å². The number of azide groups is 1. The number of hydrogen-bond donors (Lipinski definition) is 1. The zero-order chi connectivity index (χ0) is 20.9. The number of amides is 1. The lowest BCUT2D eigenvalue weighted by Gasteiger charge is -2.34. The van der Waals surface area contributed by atoms with Crippen LogP contribution < -0.4 is 5.32 Å². The summed E-state index contributed by atoms with van der Waals surface area (Å²) in [6.45, 7) is 3.85. The molecule has 1 unspecified atom stereocenters. The average molecular weight is 392 g/mol. The third-order valence-electron chi connectivity index (χ3n) is 4.50. The standard InChI is InChI=1S/C18H21FN4O5/c1-4-28-15(25)8-27-9-18(22-23-20)6-5-12-10(2)13(19)7-14(21-11(3)24)16(12)17(18)26/h7H,4-6,8-9H2,1-3H3,(H,21,24). The quantitative estimate of drug-likeness (QED) is 0.330. The maximum Gasteiger partial charge on any atom is 0.332 e. The lowest BCUT2D eigenvalue weighted by Crippen LogP contribution is -2.46. The van der Waals surface area contributed by atoms with Gasteiger partial charge in [0.2, 0.25) is 5.91 Å². The van der Waals surface area contributed by atoms with E-state index in [1.807, 2.05) is 0 Å². The number of fused-ring (bicyclic) bond motifs is 1. The number of rotatable bonds is 7. The zero-order valence-corrected chi connectivity index (χ0v) is 15.9. The smallest absolute Gasteiger partial charge is 0.332 e. The van der Waals surface area contributed by atoms with E-state index in [1.54, 1.807) is 6.92 Å². The molecule has 1 amide bonds. The van der Waals surface area contributed by atoms with Crippen LogP contribution in [0.2, 0.25) is 0 Å². The second kappa shape index (κ2) is 8.81. The molecule has 1 aromatic rings. The number of anilines is 1. The minimum atomic E-state index is -1.61. The van der Waals surface area contributed by atoms with Gasteiger partial charge in [-0.1, -0.05) is 5.11 Å². The highest BCUT2D eigenvalue weighted by Crippen LogP contribution is 2.38. The molecule has 0 fully saturated rings. The summed E-state index contributed by atoms with van der Waals surface area (Å²) in [5.41, 5.74) is 8.22. The molecule has 150 valence electrons. The van der Waals surface area contributed by atoms with E-state index in [2.05, 4.69) is 15.3 Å². The number of ketones is 1. The van der Waals surface area contributed by atoms with E-state index in [1.165, 1.54) is 13.8 Å². The largest absolute Gasteiger partial charge is 0.464 e.